The Morgan fingerprint density at radius 2 is 1.86 bits per heavy atom. The molecule has 1 atom stereocenters. The van der Waals surface area contributed by atoms with Crippen molar-refractivity contribution in [3.8, 4) is 0 Å². The third-order valence-electron chi connectivity index (χ3n) is 3.49. The van der Waals surface area contributed by atoms with Gasteiger partial charge in [0, 0.05) is 12.0 Å². The number of ether oxygens (including phenoxy) is 1. The van der Waals surface area contributed by atoms with Gasteiger partial charge >= 0.3 is 0 Å². The van der Waals surface area contributed by atoms with Crippen LogP contribution in [0.25, 0.3) is 0 Å². The zero-order valence-corrected chi connectivity index (χ0v) is 15.2. The van der Waals surface area contributed by atoms with Crippen molar-refractivity contribution in [3.05, 3.63) is 47.8 Å². The van der Waals surface area contributed by atoms with Crippen LogP contribution in [0.4, 0.5) is 0 Å². The second-order valence-corrected chi connectivity index (χ2v) is 12.2. The second kappa shape index (κ2) is 5.62. The van der Waals surface area contributed by atoms with Crippen molar-refractivity contribution in [1.82, 2.24) is 0 Å². The van der Waals surface area contributed by atoms with E-state index in [4.69, 9.17) is 9.16 Å². The maximum atomic E-state index is 6.59. The van der Waals surface area contributed by atoms with Gasteiger partial charge in [0.05, 0.1) is 0 Å². The van der Waals surface area contributed by atoms with Crippen molar-refractivity contribution in [2.45, 2.75) is 59.0 Å². The van der Waals surface area contributed by atoms with Crippen LogP contribution >= 0.6 is 0 Å². The summed E-state index contributed by atoms with van der Waals surface area (Å²) in [7, 11) is -1.76. The van der Waals surface area contributed by atoms with Crippen LogP contribution in [0.3, 0.4) is 0 Å². The highest BCUT2D eigenvalue weighted by Crippen LogP contribution is 2.44. The first-order chi connectivity index (χ1) is 9.62. The van der Waals surface area contributed by atoms with Crippen molar-refractivity contribution in [1.29, 1.82) is 0 Å². The van der Waals surface area contributed by atoms with Gasteiger partial charge in [0.25, 0.3) is 0 Å². The minimum absolute atomic E-state index is 0.00723. The molecule has 0 amide bonds. The van der Waals surface area contributed by atoms with Crippen LogP contribution in [0.2, 0.25) is 19.6 Å². The van der Waals surface area contributed by atoms with Gasteiger partial charge in [0.15, 0.2) is 8.32 Å². The van der Waals surface area contributed by atoms with E-state index in [1.807, 2.05) is 6.08 Å². The maximum Gasteiger partial charge on any atom is 0.228 e. The molecule has 116 valence electrons. The molecule has 0 spiro atoms. The first-order valence-corrected chi connectivity index (χ1v) is 11.2. The summed E-state index contributed by atoms with van der Waals surface area (Å²) in [5, 5.41) is 0. The molecular weight excluding hydrogens is 276 g/mol. The Kier molecular flexibility index (Phi) is 4.36. The van der Waals surface area contributed by atoms with Crippen molar-refractivity contribution >= 4 is 8.32 Å². The minimum Gasteiger partial charge on any atom is -0.459 e. The molecule has 2 aliphatic carbocycles. The summed E-state index contributed by atoms with van der Waals surface area (Å²) in [5.74, 6) is 0.275. The van der Waals surface area contributed by atoms with Crippen LogP contribution in [-0.2, 0) is 9.16 Å². The highest BCUT2D eigenvalue weighted by Gasteiger charge is 2.46. The summed E-state index contributed by atoms with van der Waals surface area (Å²) in [6.45, 7) is 13.3. The second-order valence-electron chi connectivity index (χ2n) is 7.78. The summed E-state index contributed by atoms with van der Waals surface area (Å²) in [6.07, 6.45) is 14.4. The predicted molar refractivity (Wildman–Crippen MR) is 91.4 cm³/mol. The Hall–Kier alpha value is -1.06. The third-order valence-corrected chi connectivity index (χ3v) is 4.44. The molecule has 2 rings (SSSR count). The summed E-state index contributed by atoms with van der Waals surface area (Å²) in [6, 6.07) is 0. The molecule has 0 heterocycles. The van der Waals surface area contributed by atoms with Crippen LogP contribution in [0.15, 0.2) is 47.8 Å². The normalized spacial score (nSPS) is 25.8. The molecule has 0 N–H and O–H groups in total. The molecule has 2 nitrogen and oxygen atoms in total. The largest absolute Gasteiger partial charge is 0.459 e. The lowest BCUT2D eigenvalue weighted by atomic mass is 9.78. The summed E-state index contributed by atoms with van der Waals surface area (Å²) in [4.78, 5) is 0. The van der Waals surface area contributed by atoms with Crippen molar-refractivity contribution in [2.24, 2.45) is 5.41 Å². The fraction of sp³-hybridized carbons (Fsp3) is 0.556. The molecule has 0 aromatic carbocycles. The van der Waals surface area contributed by atoms with E-state index in [1.165, 1.54) is 5.57 Å². The molecule has 21 heavy (non-hydrogen) atoms. The predicted octanol–water partition coefficient (Wildman–Crippen LogP) is 5.33. The quantitative estimate of drug-likeness (QED) is 0.516. The van der Waals surface area contributed by atoms with Crippen molar-refractivity contribution in [3.63, 3.8) is 0 Å². The van der Waals surface area contributed by atoms with Gasteiger partial charge in [0.2, 0.25) is 5.79 Å². The SMILES string of the molecule is CC(C)(C)C1=CC=CCC1(OC1=CCC=C1)O[Si](C)(C)C. The van der Waals surface area contributed by atoms with Crippen LogP contribution < -0.4 is 0 Å². The minimum atomic E-state index is -1.76. The van der Waals surface area contributed by atoms with Gasteiger partial charge in [-0.15, -0.1) is 0 Å². The molecule has 0 aromatic rings. The van der Waals surface area contributed by atoms with Crippen LogP contribution in [0.5, 0.6) is 0 Å². The smallest absolute Gasteiger partial charge is 0.228 e. The molecule has 0 aliphatic heterocycles. The van der Waals surface area contributed by atoms with E-state index in [2.05, 4.69) is 70.8 Å². The van der Waals surface area contributed by atoms with E-state index in [-0.39, 0.29) is 5.41 Å². The fourth-order valence-corrected chi connectivity index (χ4v) is 4.08. The van der Waals surface area contributed by atoms with Gasteiger partial charge in [-0.3, -0.25) is 0 Å². The van der Waals surface area contributed by atoms with Gasteiger partial charge in [-0.2, -0.15) is 0 Å². The molecule has 2 aliphatic rings. The lowest BCUT2D eigenvalue weighted by Crippen LogP contribution is -2.49. The van der Waals surface area contributed by atoms with E-state index >= 15 is 0 Å². The maximum absolute atomic E-state index is 6.59. The lowest BCUT2D eigenvalue weighted by Gasteiger charge is -2.45. The van der Waals surface area contributed by atoms with E-state index in [0.29, 0.717) is 0 Å². The van der Waals surface area contributed by atoms with Crippen molar-refractivity contribution < 1.29 is 9.16 Å². The van der Waals surface area contributed by atoms with Gasteiger partial charge in [-0.25, -0.2) is 0 Å². The number of hydrogen-bond donors (Lipinski definition) is 0. The molecule has 0 saturated heterocycles. The third kappa shape index (κ3) is 3.98. The van der Waals surface area contributed by atoms with Gasteiger partial charge in [0.1, 0.15) is 5.76 Å². The number of hydrogen-bond acceptors (Lipinski definition) is 2. The highest BCUT2D eigenvalue weighted by atomic mass is 28.4. The average molecular weight is 305 g/mol. The number of allylic oxidation sites excluding steroid dienone is 5. The highest BCUT2D eigenvalue weighted by molar-refractivity contribution is 6.69. The van der Waals surface area contributed by atoms with Crippen LogP contribution in [-0.4, -0.2) is 14.1 Å². The Morgan fingerprint density at radius 3 is 2.38 bits per heavy atom. The zero-order chi connectivity index (χ0) is 15.7. The van der Waals surface area contributed by atoms with E-state index in [0.717, 1.165) is 18.6 Å². The van der Waals surface area contributed by atoms with Gasteiger partial charge in [-0.1, -0.05) is 45.1 Å². The van der Waals surface area contributed by atoms with Crippen molar-refractivity contribution in [2.75, 3.05) is 0 Å². The van der Waals surface area contributed by atoms with Crippen LogP contribution in [0, 0.1) is 5.41 Å². The summed E-state index contributed by atoms with van der Waals surface area (Å²) in [5.41, 5.74) is 1.23. The average Bonchev–Trinajstić information content (AvgIpc) is 2.78. The summed E-state index contributed by atoms with van der Waals surface area (Å²) < 4.78 is 13.0. The number of rotatable bonds is 4. The molecule has 0 radical (unpaired) electrons. The monoisotopic (exact) mass is 304 g/mol. The standard InChI is InChI=1S/C18H28O2Si/c1-17(2,3)16-13-9-10-14-18(16,20-21(4,5)6)19-15-11-7-8-12-15/h7,9-13H,8,14H2,1-6H3. The molecule has 1 unspecified atom stereocenters. The fourth-order valence-electron chi connectivity index (χ4n) is 2.86. The molecule has 0 bridgehead atoms. The Balaban J connectivity index is 2.41. The molecule has 0 fully saturated rings. The molecule has 0 aromatic heterocycles. The van der Waals surface area contributed by atoms with E-state index in [9.17, 15) is 0 Å². The lowest BCUT2D eigenvalue weighted by molar-refractivity contribution is -0.135. The molecule has 3 heteroatoms. The van der Waals surface area contributed by atoms with E-state index in [1.54, 1.807) is 0 Å². The Labute approximate surface area is 130 Å². The first kappa shape index (κ1) is 16.3. The molecule has 0 saturated carbocycles. The molecular formula is C18H28O2Si. The zero-order valence-electron chi connectivity index (χ0n) is 14.2. The van der Waals surface area contributed by atoms with Gasteiger partial charge < -0.3 is 9.16 Å². The Morgan fingerprint density at radius 1 is 1.14 bits per heavy atom. The van der Waals surface area contributed by atoms with Crippen LogP contribution in [0.1, 0.15) is 33.6 Å². The topological polar surface area (TPSA) is 18.5 Å². The first-order valence-electron chi connectivity index (χ1n) is 7.76. The summed E-state index contributed by atoms with van der Waals surface area (Å²) >= 11 is 0. The van der Waals surface area contributed by atoms with Gasteiger partial charge in [-0.05, 0) is 43.6 Å². The van der Waals surface area contributed by atoms with E-state index < -0.39 is 14.1 Å². The Bertz CT molecular complexity index is 512.